The van der Waals surface area contributed by atoms with Gasteiger partial charge in [0.15, 0.2) is 0 Å². The lowest BCUT2D eigenvalue weighted by Crippen LogP contribution is -2.34. The number of fused-ring (bicyclic) bond motifs is 1. The molecule has 0 unspecified atom stereocenters. The second-order valence-corrected chi connectivity index (χ2v) is 8.14. The van der Waals surface area contributed by atoms with Crippen LogP contribution in [0.5, 0.6) is 11.6 Å². The molecule has 4 rings (SSSR count). The van der Waals surface area contributed by atoms with Crippen molar-refractivity contribution in [2.24, 2.45) is 0 Å². The molecule has 0 radical (unpaired) electrons. The number of nitrogens with one attached hydrogen (secondary N) is 1. The van der Waals surface area contributed by atoms with Gasteiger partial charge in [-0.15, -0.1) is 0 Å². The Balaban J connectivity index is 1.67. The van der Waals surface area contributed by atoms with Crippen LogP contribution in [0.3, 0.4) is 0 Å². The zero-order valence-electron chi connectivity index (χ0n) is 17.6. The molecule has 7 heteroatoms. The Morgan fingerprint density at radius 3 is 2.55 bits per heavy atom. The monoisotopic (exact) mass is 409 g/mol. The molecule has 29 heavy (non-hydrogen) atoms. The van der Waals surface area contributed by atoms with Crippen LogP contribution in [0.1, 0.15) is 28.2 Å². The molecule has 0 fully saturated rings. The lowest BCUT2D eigenvalue weighted by molar-refractivity contribution is 0.457. The molecular formula is C22H27N5OS. The van der Waals surface area contributed by atoms with Gasteiger partial charge in [-0.05, 0) is 51.0 Å². The fourth-order valence-corrected chi connectivity index (χ4v) is 4.31. The van der Waals surface area contributed by atoms with Crippen molar-refractivity contribution in [1.29, 1.82) is 0 Å². The minimum Gasteiger partial charge on any atom is -0.436 e. The van der Waals surface area contributed by atoms with Crippen molar-refractivity contribution >= 4 is 23.5 Å². The van der Waals surface area contributed by atoms with Gasteiger partial charge < -0.3 is 18.9 Å². The Bertz CT molecular complexity index is 1020. The molecule has 1 aliphatic rings. The molecule has 1 aromatic carbocycles. The van der Waals surface area contributed by atoms with Crippen molar-refractivity contribution in [3.63, 3.8) is 0 Å². The topological polar surface area (TPSA) is 55.2 Å². The highest BCUT2D eigenvalue weighted by molar-refractivity contribution is 7.99. The Morgan fingerprint density at radius 1 is 1.07 bits per heavy atom. The Kier molecular flexibility index (Phi) is 5.41. The minimum atomic E-state index is 0.599. The molecule has 3 aromatic rings. The SMILES string of the molecule is CSNc1ccc(N2CCn3c(cnc3C)C2)nc1Oc1c(C)cc(C)cc1C. The van der Waals surface area contributed by atoms with Gasteiger partial charge in [0.05, 0.1) is 18.4 Å². The molecule has 152 valence electrons. The highest BCUT2D eigenvalue weighted by Crippen LogP contribution is 2.35. The average Bonchev–Trinajstić information content (AvgIpc) is 3.06. The fraction of sp³-hybridized carbons (Fsp3) is 0.364. The molecule has 6 nitrogen and oxygen atoms in total. The molecule has 0 amide bonds. The molecule has 1 aliphatic heterocycles. The number of aromatic nitrogens is 3. The van der Waals surface area contributed by atoms with Crippen LogP contribution in [0.4, 0.5) is 11.5 Å². The summed E-state index contributed by atoms with van der Waals surface area (Å²) >= 11 is 1.53. The van der Waals surface area contributed by atoms with Gasteiger partial charge in [0.25, 0.3) is 0 Å². The summed E-state index contributed by atoms with van der Waals surface area (Å²) in [5.41, 5.74) is 5.55. The molecular weight excluding hydrogens is 382 g/mol. The molecule has 0 saturated heterocycles. The summed E-state index contributed by atoms with van der Waals surface area (Å²) in [5, 5.41) is 0. The van der Waals surface area contributed by atoms with Crippen molar-refractivity contribution in [2.45, 2.75) is 40.8 Å². The van der Waals surface area contributed by atoms with Crippen molar-refractivity contribution in [1.82, 2.24) is 14.5 Å². The van der Waals surface area contributed by atoms with Crippen LogP contribution in [0.2, 0.25) is 0 Å². The summed E-state index contributed by atoms with van der Waals surface area (Å²) in [4.78, 5) is 11.6. The summed E-state index contributed by atoms with van der Waals surface area (Å²) in [6.45, 7) is 10.9. The minimum absolute atomic E-state index is 0.599. The van der Waals surface area contributed by atoms with E-state index in [9.17, 15) is 0 Å². The van der Waals surface area contributed by atoms with E-state index in [0.717, 1.165) is 53.8 Å². The fourth-order valence-electron chi connectivity index (χ4n) is 3.93. The molecule has 0 aliphatic carbocycles. The maximum absolute atomic E-state index is 6.35. The number of nitrogens with zero attached hydrogens (tertiary/aromatic N) is 4. The summed E-state index contributed by atoms with van der Waals surface area (Å²) in [7, 11) is 0. The predicted octanol–water partition coefficient (Wildman–Crippen LogP) is 5.01. The van der Waals surface area contributed by atoms with E-state index in [1.54, 1.807) is 0 Å². The first kappa shape index (κ1) is 19.6. The van der Waals surface area contributed by atoms with E-state index in [1.165, 1.54) is 23.2 Å². The third-order valence-electron chi connectivity index (χ3n) is 5.27. The number of pyridine rings is 1. The third-order valence-corrected chi connectivity index (χ3v) is 5.69. The number of rotatable bonds is 5. The van der Waals surface area contributed by atoms with E-state index < -0.39 is 0 Å². The number of ether oxygens (including phenoxy) is 1. The van der Waals surface area contributed by atoms with Gasteiger partial charge in [-0.1, -0.05) is 29.6 Å². The lowest BCUT2D eigenvalue weighted by atomic mass is 10.1. The molecule has 0 saturated carbocycles. The number of anilines is 2. The average molecular weight is 410 g/mol. The number of imidazole rings is 1. The highest BCUT2D eigenvalue weighted by Gasteiger charge is 2.21. The maximum atomic E-state index is 6.35. The second kappa shape index (κ2) is 7.99. The molecule has 2 aromatic heterocycles. The van der Waals surface area contributed by atoms with E-state index in [-0.39, 0.29) is 0 Å². The van der Waals surface area contributed by atoms with E-state index >= 15 is 0 Å². The zero-order chi connectivity index (χ0) is 20.5. The highest BCUT2D eigenvalue weighted by atomic mass is 32.2. The van der Waals surface area contributed by atoms with Crippen molar-refractivity contribution in [3.8, 4) is 11.6 Å². The lowest BCUT2D eigenvalue weighted by Gasteiger charge is -2.30. The first-order valence-electron chi connectivity index (χ1n) is 9.78. The van der Waals surface area contributed by atoms with Gasteiger partial charge in [0.2, 0.25) is 5.88 Å². The van der Waals surface area contributed by atoms with Gasteiger partial charge in [0.1, 0.15) is 23.1 Å². The first-order chi connectivity index (χ1) is 14.0. The Labute approximate surface area is 176 Å². The molecule has 1 N–H and O–H groups in total. The van der Waals surface area contributed by atoms with Crippen LogP contribution in [0.15, 0.2) is 30.5 Å². The maximum Gasteiger partial charge on any atom is 0.245 e. The third kappa shape index (κ3) is 3.92. The Hall–Kier alpha value is -2.67. The number of benzene rings is 1. The van der Waals surface area contributed by atoms with Gasteiger partial charge in [0, 0.05) is 19.3 Å². The normalized spacial score (nSPS) is 13.3. The van der Waals surface area contributed by atoms with Gasteiger partial charge in [-0.25, -0.2) is 4.98 Å². The summed E-state index contributed by atoms with van der Waals surface area (Å²) in [5.74, 6) is 3.46. The van der Waals surface area contributed by atoms with Crippen LogP contribution in [-0.2, 0) is 13.1 Å². The number of hydrogen-bond donors (Lipinski definition) is 1. The van der Waals surface area contributed by atoms with Gasteiger partial charge in [-0.2, -0.15) is 4.98 Å². The van der Waals surface area contributed by atoms with Crippen LogP contribution in [0.25, 0.3) is 0 Å². The zero-order valence-corrected chi connectivity index (χ0v) is 18.4. The van der Waals surface area contributed by atoms with Crippen LogP contribution >= 0.6 is 11.9 Å². The summed E-state index contributed by atoms with van der Waals surface area (Å²) < 4.78 is 11.9. The number of hydrogen-bond acceptors (Lipinski definition) is 6. The number of aryl methyl sites for hydroxylation is 4. The van der Waals surface area contributed by atoms with Gasteiger partial charge >= 0.3 is 0 Å². The van der Waals surface area contributed by atoms with E-state index in [0.29, 0.717) is 5.88 Å². The molecule has 0 spiro atoms. The largest absolute Gasteiger partial charge is 0.436 e. The van der Waals surface area contributed by atoms with Gasteiger partial charge in [-0.3, -0.25) is 0 Å². The molecule has 3 heterocycles. The van der Waals surface area contributed by atoms with Crippen molar-refractivity contribution in [3.05, 3.63) is 58.7 Å². The summed E-state index contributed by atoms with van der Waals surface area (Å²) in [6, 6.07) is 8.38. The quantitative estimate of drug-likeness (QED) is 0.598. The summed E-state index contributed by atoms with van der Waals surface area (Å²) in [6.07, 6.45) is 3.95. The van der Waals surface area contributed by atoms with Crippen molar-refractivity contribution < 1.29 is 4.74 Å². The molecule has 0 bridgehead atoms. The van der Waals surface area contributed by atoms with Crippen molar-refractivity contribution in [2.75, 3.05) is 22.4 Å². The standard InChI is InChI=1S/C22H27N5OS/c1-14-10-15(2)21(16(3)11-14)28-22-19(25-29-5)6-7-20(24-22)26-8-9-27-17(4)23-12-18(27)13-26/h6-7,10-12,25H,8-9,13H2,1-5H3. The van der Waals surface area contributed by atoms with Crippen LogP contribution in [-0.4, -0.2) is 27.3 Å². The van der Waals surface area contributed by atoms with E-state index in [1.807, 2.05) is 18.5 Å². The molecule has 0 atom stereocenters. The second-order valence-electron chi connectivity index (χ2n) is 7.53. The predicted molar refractivity (Wildman–Crippen MR) is 120 cm³/mol. The van der Waals surface area contributed by atoms with Crippen LogP contribution < -0.4 is 14.4 Å². The van der Waals surface area contributed by atoms with E-state index in [4.69, 9.17) is 9.72 Å². The smallest absolute Gasteiger partial charge is 0.245 e. The first-order valence-corrected chi connectivity index (χ1v) is 11.0. The Morgan fingerprint density at radius 2 is 1.83 bits per heavy atom. The van der Waals surface area contributed by atoms with Crippen LogP contribution in [0, 0.1) is 27.7 Å². The van der Waals surface area contributed by atoms with E-state index in [2.05, 4.69) is 65.1 Å².